The minimum atomic E-state index is -1.03. The highest BCUT2D eigenvalue weighted by molar-refractivity contribution is 6.30. The van der Waals surface area contributed by atoms with Crippen LogP contribution in [-0.4, -0.2) is 34.0 Å². The van der Waals surface area contributed by atoms with E-state index in [1.807, 2.05) is 13.0 Å². The number of aliphatic carboxylic acids is 1. The van der Waals surface area contributed by atoms with Crippen LogP contribution in [0.4, 0.5) is 0 Å². The van der Waals surface area contributed by atoms with Gasteiger partial charge in [0.1, 0.15) is 5.54 Å². The molecular weight excluding hydrogens is 278 g/mol. The van der Waals surface area contributed by atoms with Crippen molar-refractivity contribution in [2.75, 3.05) is 6.54 Å². The standard InChI is InChI=1S/C15H18ClNO3/c1-2-15(14(19)20)7-4-8-17(15)13(18)10-11-5-3-6-12(16)9-11/h3,5-6,9H,2,4,7-8,10H2,1H3,(H,19,20). The Morgan fingerprint density at radius 2 is 2.20 bits per heavy atom. The van der Waals surface area contributed by atoms with E-state index in [9.17, 15) is 14.7 Å². The summed E-state index contributed by atoms with van der Waals surface area (Å²) in [5.41, 5.74) is -0.222. The molecule has 1 unspecified atom stereocenters. The Bertz CT molecular complexity index is 532. The highest BCUT2D eigenvalue weighted by Crippen LogP contribution is 2.33. The number of halogens is 1. The molecule has 0 aromatic heterocycles. The van der Waals surface area contributed by atoms with Gasteiger partial charge in [-0.2, -0.15) is 0 Å². The van der Waals surface area contributed by atoms with Gasteiger partial charge in [-0.05, 0) is 37.0 Å². The Balaban J connectivity index is 2.18. The van der Waals surface area contributed by atoms with Gasteiger partial charge in [0, 0.05) is 11.6 Å². The van der Waals surface area contributed by atoms with Crippen molar-refractivity contribution in [1.82, 2.24) is 4.90 Å². The molecule has 2 rings (SSSR count). The van der Waals surface area contributed by atoms with E-state index in [1.54, 1.807) is 18.2 Å². The number of nitrogens with zero attached hydrogens (tertiary/aromatic N) is 1. The van der Waals surface area contributed by atoms with E-state index in [1.165, 1.54) is 4.90 Å². The van der Waals surface area contributed by atoms with Crippen LogP contribution in [-0.2, 0) is 16.0 Å². The lowest BCUT2D eigenvalue weighted by Gasteiger charge is -2.34. The molecule has 4 nitrogen and oxygen atoms in total. The molecule has 1 N–H and O–H groups in total. The van der Waals surface area contributed by atoms with Crippen molar-refractivity contribution < 1.29 is 14.7 Å². The maximum Gasteiger partial charge on any atom is 0.329 e. The fourth-order valence-corrected chi connectivity index (χ4v) is 3.11. The van der Waals surface area contributed by atoms with Crippen molar-refractivity contribution in [3.8, 4) is 0 Å². The summed E-state index contributed by atoms with van der Waals surface area (Å²) in [7, 11) is 0. The van der Waals surface area contributed by atoms with E-state index < -0.39 is 11.5 Å². The summed E-state index contributed by atoms with van der Waals surface area (Å²) >= 11 is 5.90. The molecule has 5 heteroatoms. The second-order valence-electron chi connectivity index (χ2n) is 5.15. The molecule has 20 heavy (non-hydrogen) atoms. The van der Waals surface area contributed by atoms with Crippen LogP contribution < -0.4 is 0 Å². The lowest BCUT2D eigenvalue weighted by Crippen LogP contribution is -2.53. The third-order valence-corrected chi connectivity index (χ3v) is 4.25. The summed E-state index contributed by atoms with van der Waals surface area (Å²) in [4.78, 5) is 25.5. The smallest absolute Gasteiger partial charge is 0.329 e. The molecule has 0 bridgehead atoms. The third-order valence-electron chi connectivity index (χ3n) is 4.02. The number of carboxylic acids is 1. The molecule has 1 aliphatic heterocycles. The van der Waals surface area contributed by atoms with Crippen LogP contribution in [0.2, 0.25) is 5.02 Å². The largest absolute Gasteiger partial charge is 0.479 e. The van der Waals surface area contributed by atoms with Gasteiger partial charge < -0.3 is 10.0 Å². The lowest BCUT2D eigenvalue weighted by atomic mass is 9.92. The molecule has 1 aromatic rings. The molecule has 1 atom stereocenters. The lowest BCUT2D eigenvalue weighted by molar-refractivity contribution is -0.156. The van der Waals surface area contributed by atoms with Crippen LogP contribution in [0.15, 0.2) is 24.3 Å². The van der Waals surface area contributed by atoms with Crippen molar-refractivity contribution >= 4 is 23.5 Å². The zero-order valence-electron chi connectivity index (χ0n) is 11.4. The Morgan fingerprint density at radius 3 is 2.80 bits per heavy atom. The number of likely N-dealkylation sites (tertiary alicyclic amines) is 1. The van der Waals surface area contributed by atoms with Gasteiger partial charge in [-0.15, -0.1) is 0 Å². The van der Waals surface area contributed by atoms with Gasteiger partial charge in [-0.25, -0.2) is 4.79 Å². The van der Waals surface area contributed by atoms with E-state index in [2.05, 4.69) is 0 Å². The first-order valence-electron chi connectivity index (χ1n) is 6.78. The second kappa shape index (κ2) is 5.83. The van der Waals surface area contributed by atoms with Gasteiger partial charge in [0.15, 0.2) is 0 Å². The Morgan fingerprint density at radius 1 is 1.45 bits per heavy atom. The average molecular weight is 296 g/mol. The number of hydrogen-bond acceptors (Lipinski definition) is 2. The van der Waals surface area contributed by atoms with Crippen molar-refractivity contribution in [2.45, 2.75) is 38.1 Å². The predicted molar refractivity (Wildman–Crippen MR) is 76.8 cm³/mol. The monoisotopic (exact) mass is 295 g/mol. The number of carboxylic acid groups (broad SMARTS) is 1. The number of carbonyl (C=O) groups is 2. The zero-order chi connectivity index (χ0) is 14.8. The summed E-state index contributed by atoms with van der Waals surface area (Å²) in [6.07, 6.45) is 1.89. The predicted octanol–water partition coefficient (Wildman–Crippen LogP) is 2.74. The van der Waals surface area contributed by atoms with Gasteiger partial charge in [-0.1, -0.05) is 30.7 Å². The number of benzene rings is 1. The molecule has 1 aliphatic rings. The minimum Gasteiger partial charge on any atom is -0.479 e. The van der Waals surface area contributed by atoms with E-state index in [0.717, 1.165) is 12.0 Å². The quantitative estimate of drug-likeness (QED) is 0.929. The molecular formula is C15H18ClNO3. The topological polar surface area (TPSA) is 57.6 Å². The van der Waals surface area contributed by atoms with Crippen LogP contribution in [0.25, 0.3) is 0 Å². The molecule has 1 heterocycles. The molecule has 0 spiro atoms. The first-order chi connectivity index (χ1) is 9.49. The molecule has 1 fully saturated rings. The first-order valence-corrected chi connectivity index (χ1v) is 7.15. The van der Waals surface area contributed by atoms with Crippen molar-refractivity contribution in [2.24, 2.45) is 0 Å². The maximum absolute atomic E-state index is 12.4. The number of amides is 1. The van der Waals surface area contributed by atoms with E-state index >= 15 is 0 Å². The van der Waals surface area contributed by atoms with Gasteiger partial charge in [0.05, 0.1) is 6.42 Å². The first kappa shape index (κ1) is 14.9. The normalized spacial score (nSPS) is 22.0. The highest BCUT2D eigenvalue weighted by atomic mass is 35.5. The van der Waals surface area contributed by atoms with Crippen molar-refractivity contribution in [1.29, 1.82) is 0 Å². The summed E-state index contributed by atoms with van der Waals surface area (Å²) in [6, 6.07) is 7.11. The second-order valence-corrected chi connectivity index (χ2v) is 5.58. The number of carbonyl (C=O) groups excluding carboxylic acids is 1. The molecule has 1 amide bonds. The minimum absolute atomic E-state index is 0.144. The zero-order valence-corrected chi connectivity index (χ0v) is 12.2. The van der Waals surface area contributed by atoms with E-state index in [4.69, 9.17) is 11.6 Å². The SMILES string of the molecule is CCC1(C(=O)O)CCCN1C(=O)Cc1cccc(Cl)c1. The summed E-state index contributed by atoms with van der Waals surface area (Å²) < 4.78 is 0. The summed E-state index contributed by atoms with van der Waals surface area (Å²) in [5, 5.41) is 10.1. The molecule has 108 valence electrons. The van der Waals surface area contributed by atoms with Crippen LogP contribution in [0.1, 0.15) is 31.7 Å². The van der Waals surface area contributed by atoms with Crippen LogP contribution in [0.5, 0.6) is 0 Å². The fraction of sp³-hybridized carbons (Fsp3) is 0.467. The van der Waals surface area contributed by atoms with Crippen LogP contribution >= 0.6 is 11.6 Å². The van der Waals surface area contributed by atoms with Gasteiger partial charge in [-0.3, -0.25) is 4.79 Å². The Labute approximate surface area is 123 Å². The van der Waals surface area contributed by atoms with Gasteiger partial charge in [0.25, 0.3) is 0 Å². The molecule has 0 saturated carbocycles. The third kappa shape index (κ3) is 2.66. The molecule has 1 saturated heterocycles. The van der Waals surface area contributed by atoms with Crippen molar-refractivity contribution in [3.05, 3.63) is 34.9 Å². The maximum atomic E-state index is 12.4. The van der Waals surface area contributed by atoms with Crippen LogP contribution in [0.3, 0.4) is 0 Å². The fourth-order valence-electron chi connectivity index (χ4n) is 2.90. The van der Waals surface area contributed by atoms with E-state index in [-0.39, 0.29) is 12.3 Å². The number of rotatable bonds is 4. The molecule has 0 radical (unpaired) electrons. The summed E-state index contributed by atoms with van der Waals surface area (Å²) in [5.74, 6) is -1.05. The highest BCUT2D eigenvalue weighted by Gasteiger charge is 2.48. The average Bonchev–Trinajstić information content (AvgIpc) is 2.83. The Hall–Kier alpha value is -1.55. The van der Waals surface area contributed by atoms with E-state index in [0.29, 0.717) is 24.4 Å². The van der Waals surface area contributed by atoms with Crippen molar-refractivity contribution in [3.63, 3.8) is 0 Å². The summed E-state index contributed by atoms with van der Waals surface area (Å²) in [6.45, 7) is 2.33. The van der Waals surface area contributed by atoms with Gasteiger partial charge in [0.2, 0.25) is 5.91 Å². The molecule has 1 aromatic carbocycles. The van der Waals surface area contributed by atoms with Crippen LogP contribution in [0, 0.1) is 0 Å². The Kier molecular flexibility index (Phi) is 4.33. The molecule has 0 aliphatic carbocycles. The number of hydrogen-bond donors (Lipinski definition) is 1. The van der Waals surface area contributed by atoms with Gasteiger partial charge >= 0.3 is 5.97 Å².